The molecular formula is C13H18N2O2S. The van der Waals surface area contributed by atoms with E-state index in [0.717, 1.165) is 10.5 Å². The van der Waals surface area contributed by atoms with Gasteiger partial charge in [0.05, 0.1) is 6.42 Å². The molecule has 0 heterocycles. The highest BCUT2D eigenvalue weighted by molar-refractivity contribution is 7.80. The predicted octanol–water partition coefficient (Wildman–Crippen LogP) is 1.16. The molecule has 2 amide bonds. The maximum absolute atomic E-state index is 11.6. The predicted molar refractivity (Wildman–Crippen MR) is 73.7 cm³/mol. The standard InChI is InChI=1S/C13H18N2O2S/c1-2-14-12(16)7-8-15-13(17)9-10-3-5-11(18)6-4-10/h3-6,18H,2,7-9H2,1H3,(H,14,16)(H,15,17). The zero-order valence-corrected chi connectivity index (χ0v) is 11.3. The lowest BCUT2D eigenvalue weighted by Gasteiger charge is -2.05. The highest BCUT2D eigenvalue weighted by Crippen LogP contribution is 2.07. The molecule has 1 aromatic rings. The lowest BCUT2D eigenvalue weighted by atomic mass is 10.1. The second kappa shape index (κ2) is 7.76. The first-order chi connectivity index (χ1) is 8.61. The third-order valence-electron chi connectivity index (χ3n) is 2.35. The van der Waals surface area contributed by atoms with Crippen molar-refractivity contribution >= 4 is 24.4 Å². The van der Waals surface area contributed by atoms with E-state index in [1.807, 2.05) is 31.2 Å². The molecule has 0 aromatic heterocycles. The van der Waals surface area contributed by atoms with Crippen molar-refractivity contribution < 1.29 is 9.59 Å². The Bertz CT molecular complexity index is 404. The van der Waals surface area contributed by atoms with E-state index in [2.05, 4.69) is 23.3 Å². The first kappa shape index (κ1) is 14.6. The van der Waals surface area contributed by atoms with Gasteiger partial charge in [0.2, 0.25) is 11.8 Å². The van der Waals surface area contributed by atoms with Gasteiger partial charge in [0.25, 0.3) is 0 Å². The van der Waals surface area contributed by atoms with Gasteiger partial charge in [-0.1, -0.05) is 12.1 Å². The Labute approximate surface area is 113 Å². The van der Waals surface area contributed by atoms with E-state index in [4.69, 9.17) is 0 Å². The Kier molecular flexibility index (Phi) is 6.28. The van der Waals surface area contributed by atoms with Gasteiger partial charge in [-0.2, -0.15) is 0 Å². The highest BCUT2D eigenvalue weighted by Gasteiger charge is 2.04. The third kappa shape index (κ3) is 5.72. The van der Waals surface area contributed by atoms with Gasteiger partial charge in [0, 0.05) is 24.4 Å². The van der Waals surface area contributed by atoms with Crippen LogP contribution in [0.15, 0.2) is 29.2 Å². The van der Waals surface area contributed by atoms with Crippen LogP contribution in [0, 0.1) is 0 Å². The van der Waals surface area contributed by atoms with Crippen LogP contribution >= 0.6 is 12.6 Å². The second-order valence-electron chi connectivity index (χ2n) is 3.90. The van der Waals surface area contributed by atoms with Crippen molar-refractivity contribution in [2.45, 2.75) is 24.7 Å². The molecule has 1 aromatic carbocycles. The average Bonchev–Trinajstić information content (AvgIpc) is 2.32. The summed E-state index contributed by atoms with van der Waals surface area (Å²) in [6, 6.07) is 7.43. The first-order valence-corrected chi connectivity index (χ1v) is 6.38. The van der Waals surface area contributed by atoms with E-state index in [-0.39, 0.29) is 11.8 Å². The lowest BCUT2D eigenvalue weighted by molar-refractivity contribution is -0.121. The van der Waals surface area contributed by atoms with Gasteiger partial charge in [0.1, 0.15) is 0 Å². The van der Waals surface area contributed by atoms with Crippen LogP contribution in [0.25, 0.3) is 0 Å². The van der Waals surface area contributed by atoms with Crippen LogP contribution in [0.2, 0.25) is 0 Å². The molecule has 0 aliphatic heterocycles. The van der Waals surface area contributed by atoms with Crippen LogP contribution in [-0.4, -0.2) is 24.9 Å². The minimum absolute atomic E-state index is 0.0442. The number of amides is 2. The summed E-state index contributed by atoms with van der Waals surface area (Å²) in [6.07, 6.45) is 0.638. The molecule has 0 saturated carbocycles. The first-order valence-electron chi connectivity index (χ1n) is 5.93. The SMILES string of the molecule is CCNC(=O)CCNC(=O)Cc1ccc(S)cc1. The monoisotopic (exact) mass is 266 g/mol. The molecule has 0 fully saturated rings. The number of carbonyl (C=O) groups is 2. The van der Waals surface area contributed by atoms with Crippen molar-refractivity contribution in [3.63, 3.8) is 0 Å². The molecule has 98 valence electrons. The van der Waals surface area contributed by atoms with E-state index >= 15 is 0 Å². The van der Waals surface area contributed by atoms with Crippen molar-refractivity contribution in [3.8, 4) is 0 Å². The van der Waals surface area contributed by atoms with E-state index in [1.165, 1.54) is 0 Å². The fourth-order valence-electron chi connectivity index (χ4n) is 1.46. The molecule has 4 nitrogen and oxygen atoms in total. The van der Waals surface area contributed by atoms with Crippen LogP contribution < -0.4 is 10.6 Å². The molecule has 0 spiro atoms. The molecule has 0 aliphatic rings. The van der Waals surface area contributed by atoms with E-state index < -0.39 is 0 Å². The number of nitrogens with one attached hydrogen (secondary N) is 2. The average molecular weight is 266 g/mol. The smallest absolute Gasteiger partial charge is 0.224 e. The maximum atomic E-state index is 11.6. The summed E-state index contributed by atoms with van der Waals surface area (Å²) >= 11 is 4.18. The Morgan fingerprint density at radius 1 is 1.11 bits per heavy atom. The molecule has 0 unspecified atom stereocenters. The number of rotatable bonds is 6. The van der Waals surface area contributed by atoms with Crippen molar-refractivity contribution in [3.05, 3.63) is 29.8 Å². The van der Waals surface area contributed by atoms with Gasteiger partial charge >= 0.3 is 0 Å². The van der Waals surface area contributed by atoms with Crippen molar-refractivity contribution in [2.75, 3.05) is 13.1 Å². The fourth-order valence-corrected chi connectivity index (χ4v) is 1.61. The highest BCUT2D eigenvalue weighted by atomic mass is 32.1. The summed E-state index contributed by atoms with van der Waals surface area (Å²) in [6.45, 7) is 2.85. The molecule has 1 rings (SSSR count). The zero-order valence-electron chi connectivity index (χ0n) is 10.4. The zero-order chi connectivity index (χ0) is 13.4. The van der Waals surface area contributed by atoms with Gasteiger partial charge < -0.3 is 10.6 Å². The largest absolute Gasteiger partial charge is 0.356 e. The summed E-state index contributed by atoms with van der Waals surface area (Å²) in [5, 5.41) is 5.39. The van der Waals surface area contributed by atoms with Gasteiger partial charge in [0.15, 0.2) is 0 Å². The van der Waals surface area contributed by atoms with Gasteiger partial charge in [-0.25, -0.2) is 0 Å². The molecule has 0 aliphatic carbocycles. The van der Waals surface area contributed by atoms with Gasteiger partial charge in [-0.15, -0.1) is 12.6 Å². The van der Waals surface area contributed by atoms with E-state index in [1.54, 1.807) is 0 Å². The topological polar surface area (TPSA) is 58.2 Å². The Morgan fingerprint density at radius 3 is 2.39 bits per heavy atom. The maximum Gasteiger partial charge on any atom is 0.224 e. The number of carbonyl (C=O) groups excluding carboxylic acids is 2. The molecule has 0 saturated heterocycles. The molecule has 0 radical (unpaired) electrons. The van der Waals surface area contributed by atoms with Gasteiger partial charge in [-0.05, 0) is 24.6 Å². The van der Waals surface area contributed by atoms with Crippen LogP contribution in [0.4, 0.5) is 0 Å². The van der Waals surface area contributed by atoms with E-state index in [9.17, 15) is 9.59 Å². The minimum atomic E-state index is -0.0776. The summed E-state index contributed by atoms with van der Waals surface area (Å²) in [7, 11) is 0. The van der Waals surface area contributed by atoms with Crippen molar-refractivity contribution in [1.82, 2.24) is 10.6 Å². The molecular weight excluding hydrogens is 248 g/mol. The summed E-state index contributed by atoms with van der Waals surface area (Å²) in [5.74, 6) is -0.122. The molecule has 0 bridgehead atoms. The van der Waals surface area contributed by atoms with Crippen LogP contribution in [0.5, 0.6) is 0 Å². The van der Waals surface area contributed by atoms with E-state index in [0.29, 0.717) is 25.9 Å². The summed E-state index contributed by atoms with van der Waals surface area (Å²) in [5.41, 5.74) is 0.934. The van der Waals surface area contributed by atoms with Gasteiger partial charge in [-0.3, -0.25) is 9.59 Å². The van der Waals surface area contributed by atoms with Crippen LogP contribution in [0.3, 0.4) is 0 Å². The molecule has 2 N–H and O–H groups in total. The molecule has 18 heavy (non-hydrogen) atoms. The number of thiol groups is 1. The normalized spacial score (nSPS) is 9.89. The fraction of sp³-hybridized carbons (Fsp3) is 0.385. The molecule has 5 heteroatoms. The van der Waals surface area contributed by atoms with Crippen LogP contribution in [0.1, 0.15) is 18.9 Å². The Balaban J connectivity index is 2.25. The summed E-state index contributed by atoms with van der Waals surface area (Å²) in [4.78, 5) is 23.6. The Morgan fingerprint density at radius 2 is 1.78 bits per heavy atom. The van der Waals surface area contributed by atoms with Crippen molar-refractivity contribution in [1.29, 1.82) is 0 Å². The quantitative estimate of drug-likeness (QED) is 0.677. The second-order valence-corrected chi connectivity index (χ2v) is 4.41. The number of hydrogen-bond acceptors (Lipinski definition) is 3. The third-order valence-corrected chi connectivity index (χ3v) is 2.65. The molecule has 0 atom stereocenters. The van der Waals surface area contributed by atoms with Crippen LogP contribution in [-0.2, 0) is 16.0 Å². The number of benzene rings is 1. The minimum Gasteiger partial charge on any atom is -0.356 e. The summed E-state index contributed by atoms with van der Waals surface area (Å²) < 4.78 is 0. The van der Waals surface area contributed by atoms with Crippen molar-refractivity contribution in [2.24, 2.45) is 0 Å². The Hall–Kier alpha value is -1.49. The number of hydrogen-bond donors (Lipinski definition) is 3. The lowest BCUT2D eigenvalue weighted by Crippen LogP contribution is -2.31.